The summed E-state index contributed by atoms with van der Waals surface area (Å²) >= 11 is 0. The molecule has 6 nitrogen and oxygen atoms in total. The number of hydrogen-bond donors (Lipinski definition) is 1. The molecular formula is C16H24N2O4S. The molecule has 1 unspecified atom stereocenters. The predicted molar refractivity (Wildman–Crippen MR) is 88.4 cm³/mol. The SMILES string of the molecule is CCOCCCNC(=O)C1Cc2ccccc2CN1S(C)(=O)=O. The fourth-order valence-electron chi connectivity index (χ4n) is 2.72. The Morgan fingerprint density at radius 1 is 1.35 bits per heavy atom. The van der Waals surface area contributed by atoms with Crippen LogP contribution in [0.1, 0.15) is 24.5 Å². The van der Waals surface area contributed by atoms with E-state index in [1.54, 1.807) is 0 Å². The number of sulfonamides is 1. The number of amides is 1. The number of fused-ring (bicyclic) bond motifs is 1. The van der Waals surface area contributed by atoms with Gasteiger partial charge >= 0.3 is 0 Å². The molecule has 0 spiro atoms. The van der Waals surface area contributed by atoms with Crippen LogP contribution in [0.2, 0.25) is 0 Å². The maximum Gasteiger partial charge on any atom is 0.238 e. The van der Waals surface area contributed by atoms with Gasteiger partial charge in [0.25, 0.3) is 0 Å². The molecule has 0 radical (unpaired) electrons. The maximum atomic E-state index is 12.4. The molecule has 1 aromatic rings. The second-order valence-electron chi connectivity index (χ2n) is 5.64. The Bertz CT molecular complexity index is 645. The lowest BCUT2D eigenvalue weighted by molar-refractivity contribution is -0.125. The molecule has 7 heteroatoms. The summed E-state index contributed by atoms with van der Waals surface area (Å²) in [5.41, 5.74) is 1.99. The lowest BCUT2D eigenvalue weighted by Gasteiger charge is -2.34. The molecule has 1 N–H and O–H groups in total. The van der Waals surface area contributed by atoms with Crippen molar-refractivity contribution in [1.82, 2.24) is 9.62 Å². The Kier molecular flexibility index (Phi) is 6.15. The van der Waals surface area contributed by atoms with Crippen molar-refractivity contribution in [2.75, 3.05) is 26.0 Å². The molecule has 0 aromatic heterocycles. The molecule has 1 amide bonds. The van der Waals surface area contributed by atoms with Gasteiger partial charge in [0, 0.05) is 26.3 Å². The summed E-state index contributed by atoms with van der Waals surface area (Å²) in [6.07, 6.45) is 2.26. The first-order chi connectivity index (χ1) is 10.9. The normalized spacial score (nSPS) is 18.4. The second-order valence-corrected chi connectivity index (χ2v) is 7.57. The maximum absolute atomic E-state index is 12.4. The Hall–Kier alpha value is -1.44. The van der Waals surface area contributed by atoms with Crippen LogP contribution in [-0.4, -0.2) is 50.7 Å². The Labute approximate surface area is 137 Å². The van der Waals surface area contributed by atoms with Gasteiger partial charge < -0.3 is 10.1 Å². The molecule has 0 saturated heterocycles. The lowest BCUT2D eigenvalue weighted by atomic mass is 9.95. The third-order valence-electron chi connectivity index (χ3n) is 3.90. The van der Waals surface area contributed by atoms with E-state index in [9.17, 15) is 13.2 Å². The first-order valence-electron chi connectivity index (χ1n) is 7.82. The van der Waals surface area contributed by atoms with Crippen molar-refractivity contribution < 1.29 is 17.9 Å². The van der Waals surface area contributed by atoms with Crippen LogP contribution in [-0.2, 0) is 32.5 Å². The smallest absolute Gasteiger partial charge is 0.238 e. The molecule has 0 fully saturated rings. The Balaban J connectivity index is 2.07. The van der Waals surface area contributed by atoms with Gasteiger partial charge in [-0.15, -0.1) is 0 Å². The molecule has 2 rings (SSSR count). The molecule has 1 heterocycles. The van der Waals surface area contributed by atoms with Gasteiger partial charge in [0.2, 0.25) is 15.9 Å². The highest BCUT2D eigenvalue weighted by molar-refractivity contribution is 7.88. The number of carbonyl (C=O) groups excluding carboxylic acids is 1. The highest BCUT2D eigenvalue weighted by atomic mass is 32.2. The molecule has 0 aliphatic carbocycles. The van der Waals surface area contributed by atoms with E-state index in [0.29, 0.717) is 32.6 Å². The van der Waals surface area contributed by atoms with Gasteiger partial charge in [-0.2, -0.15) is 4.31 Å². The first-order valence-corrected chi connectivity index (χ1v) is 9.67. The fraction of sp³-hybridized carbons (Fsp3) is 0.562. The molecule has 0 bridgehead atoms. The molecule has 23 heavy (non-hydrogen) atoms. The quantitative estimate of drug-likeness (QED) is 0.749. The van der Waals surface area contributed by atoms with Gasteiger partial charge in [0.05, 0.1) is 6.26 Å². The van der Waals surface area contributed by atoms with E-state index in [-0.39, 0.29) is 12.5 Å². The van der Waals surface area contributed by atoms with E-state index in [2.05, 4.69) is 5.32 Å². The van der Waals surface area contributed by atoms with Crippen LogP contribution < -0.4 is 5.32 Å². The van der Waals surface area contributed by atoms with Crippen molar-refractivity contribution in [3.63, 3.8) is 0 Å². The molecule has 0 saturated carbocycles. The molecule has 128 valence electrons. The zero-order chi connectivity index (χ0) is 16.9. The van der Waals surface area contributed by atoms with E-state index < -0.39 is 16.1 Å². The van der Waals surface area contributed by atoms with Crippen LogP contribution in [0, 0.1) is 0 Å². The Morgan fingerprint density at radius 2 is 2.04 bits per heavy atom. The highest BCUT2D eigenvalue weighted by Crippen LogP contribution is 2.25. The van der Waals surface area contributed by atoms with Gasteiger partial charge in [-0.05, 0) is 30.9 Å². The standard InChI is InChI=1S/C16H24N2O4S/c1-3-22-10-6-9-17-16(19)15-11-13-7-4-5-8-14(13)12-18(15)23(2,20)21/h4-5,7-8,15H,3,6,9-12H2,1-2H3,(H,17,19). The largest absolute Gasteiger partial charge is 0.382 e. The van der Waals surface area contributed by atoms with E-state index in [4.69, 9.17) is 4.74 Å². The topological polar surface area (TPSA) is 75.7 Å². The summed E-state index contributed by atoms with van der Waals surface area (Å²) < 4.78 is 30.6. The van der Waals surface area contributed by atoms with Crippen molar-refractivity contribution >= 4 is 15.9 Å². The number of ether oxygens (including phenoxy) is 1. The fourth-order valence-corrected chi connectivity index (χ4v) is 3.73. The molecule has 1 aliphatic heterocycles. The van der Waals surface area contributed by atoms with Gasteiger partial charge in [-0.25, -0.2) is 8.42 Å². The van der Waals surface area contributed by atoms with Crippen LogP contribution in [0.4, 0.5) is 0 Å². The van der Waals surface area contributed by atoms with Gasteiger partial charge in [-0.1, -0.05) is 24.3 Å². The van der Waals surface area contributed by atoms with E-state index in [1.807, 2.05) is 31.2 Å². The number of carbonyl (C=O) groups is 1. The van der Waals surface area contributed by atoms with Crippen LogP contribution in [0.3, 0.4) is 0 Å². The molecule has 1 aromatic carbocycles. The highest BCUT2D eigenvalue weighted by Gasteiger charge is 2.36. The monoisotopic (exact) mass is 340 g/mol. The average Bonchev–Trinajstić information content (AvgIpc) is 2.52. The number of nitrogens with zero attached hydrogens (tertiary/aromatic N) is 1. The summed E-state index contributed by atoms with van der Waals surface area (Å²) in [6, 6.07) is 6.96. The van der Waals surface area contributed by atoms with Crippen LogP contribution in [0.15, 0.2) is 24.3 Å². The number of nitrogens with one attached hydrogen (secondary N) is 1. The molecule has 1 atom stereocenters. The predicted octanol–water partition coefficient (Wildman–Crippen LogP) is 0.916. The van der Waals surface area contributed by atoms with Crippen molar-refractivity contribution in [2.24, 2.45) is 0 Å². The Morgan fingerprint density at radius 3 is 2.70 bits per heavy atom. The zero-order valence-corrected chi connectivity index (χ0v) is 14.4. The van der Waals surface area contributed by atoms with Gasteiger partial charge in [0.15, 0.2) is 0 Å². The summed E-state index contributed by atoms with van der Waals surface area (Å²) in [6.45, 7) is 3.87. The van der Waals surface area contributed by atoms with Crippen molar-refractivity contribution in [3.05, 3.63) is 35.4 Å². The van der Waals surface area contributed by atoms with Crippen LogP contribution >= 0.6 is 0 Å². The zero-order valence-electron chi connectivity index (χ0n) is 13.6. The summed E-state index contributed by atoms with van der Waals surface area (Å²) in [5.74, 6) is -0.249. The number of rotatable bonds is 7. The van der Waals surface area contributed by atoms with E-state index in [1.165, 1.54) is 4.31 Å². The summed E-state index contributed by atoms with van der Waals surface area (Å²) in [7, 11) is -3.45. The minimum Gasteiger partial charge on any atom is -0.382 e. The number of hydrogen-bond acceptors (Lipinski definition) is 4. The van der Waals surface area contributed by atoms with Crippen molar-refractivity contribution in [2.45, 2.75) is 32.4 Å². The second kappa shape index (κ2) is 7.90. The van der Waals surface area contributed by atoms with E-state index in [0.717, 1.165) is 17.4 Å². The van der Waals surface area contributed by atoms with Gasteiger partial charge in [0.1, 0.15) is 6.04 Å². The van der Waals surface area contributed by atoms with Crippen LogP contribution in [0.5, 0.6) is 0 Å². The third-order valence-corrected chi connectivity index (χ3v) is 5.14. The van der Waals surface area contributed by atoms with Crippen molar-refractivity contribution in [3.8, 4) is 0 Å². The van der Waals surface area contributed by atoms with Crippen molar-refractivity contribution in [1.29, 1.82) is 0 Å². The minimum absolute atomic E-state index is 0.242. The van der Waals surface area contributed by atoms with E-state index >= 15 is 0 Å². The first kappa shape index (κ1) is 17.9. The lowest BCUT2D eigenvalue weighted by Crippen LogP contribution is -2.52. The van der Waals surface area contributed by atoms with Crippen LogP contribution in [0.25, 0.3) is 0 Å². The van der Waals surface area contributed by atoms with Gasteiger partial charge in [-0.3, -0.25) is 4.79 Å². The number of benzene rings is 1. The molecule has 1 aliphatic rings. The average molecular weight is 340 g/mol. The third kappa shape index (κ3) is 4.76. The summed E-state index contributed by atoms with van der Waals surface area (Å²) in [4.78, 5) is 12.4. The molecular weight excluding hydrogens is 316 g/mol. The summed E-state index contributed by atoms with van der Waals surface area (Å²) in [5, 5.41) is 2.82. The minimum atomic E-state index is -3.45.